The van der Waals surface area contributed by atoms with Gasteiger partial charge in [-0.3, -0.25) is 4.21 Å². The van der Waals surface area contributed by atoms with Crippen molar-refractivity contribution in [3.63, 3.8) is 0 Å². The third-order valence-corrected chi connectivity index (χ3v) is 11.7. The van der Waals surface area contributed by atoms with Crippen molar-refractivity contribution in [2.75, 3.05) is 28.2 Å². The molecule has 160 valence electrons. The molecule has 0 amide bonds. The van der Waals surface area contributed by atoms with Gasteiger partial charge in [-0.1, -0.05) is 12.1 Å². The first-order valence-electron chi connectivity index (χ1n) is 10.7. The summed E-state index contributed by atoms with van der Waals surface area (Å²) in [6.07, 6.45) is 5.48. The van der Waals surface area contributed by atoms with Crippen molar-refractivity contribution in [2.45, 2.75) is 54.2 Å². The zero-order valence-corrected chi connectivity index (χ0v) is 18.4. The van der Waals surface area contributed by atoms with E-state index in [4.69, 9.17) is 9.97 Å². The molecule has 3 N–H and O–H groups in total. The second-order valence-corrected chi connectivity index (χ2v) is 13.4. The molecule has 6 rings (SSSR count). The molecule has 4 aliphatic rings. The quantitative estimate of drug-likeness (QED) is 0.424. The summed E-state index contributed by atoms with van der Waals surface area (Å²) < 4.78 is 29.1. The molecular weight excluding hydrogens is 420 g/mol. The summed E-state index contributed by atoms with van der Waals surface area (Å²) >= 11 is -1.12. The van der Waals surface area contributed by atoms with Crippen molar-refractivity contribution >= 4 is 32.8 Å². The fraction of sp³-hybridized carbons (Fsp3) is 0.524. The van der Waals surface area contributed by atoms with E-state index in [1.807, 2.05) is 12.1 Å². The minimum Gasteiger partial charge on any atom is -0.611 e. The second kappa shape index (κ2) is 6.66. The van der Waals surface area contributed by atoms with Gasteiger partial charge in [-0.2, -0.15) is 0 Å². The molecule has 1 aliphatic carbocycles. The number of rotatable bonds is 4. The third-order valence-electron chi connectivity index (χ3n) is 7.14. The van der Waals surface area contributed by atoms with Crippen molar-refractivity contribution in [3.05, 3.63) is 29.5 Å². The molecular formula is C21H26N4O3S2. The van der Waals surface area contributed by atoms with E-state index in [0.717, 1.165) is 60.4 Å². The number of hydrogen-bond donors (Lipinski definition) is 4. The van der Waals surface area contributed by atoms with Crippen LogP contribution in [0.1, 0.15) is 48.6 Å². The van der Waals surface area contributed by atoms with E-state index in [-0.39, 0.29) is 17.4 Å². The molecule has 1 aromatic carbocycles. The Morgan fingerprint density at radius 2 is 2.20 bits per heavy atom. The highest BCUT2D eigenvalue weighted by molar-refractivity contribution is 8.05. The maximum atomic E-state index is 13.1. The predicted octanol–water partition coefficient (Wildman–Crippen LogP) is 2.33. The van der Waals surface area contributed by atoms with Crippen LogP contribution >= 0.6 is 0 Å². The van der Waals surface area contributed by atoms with E-state index in [2.05, 4.69) is 16.1 Å². The first-order chi connectivity index (χ1) is 14.5. The Kier molecular flexibility index (Phi) is 4.22. The molecule has 2 atom stereocenters. The highest BCUT2D eigenvalue weighted by atomic mass is 32.3. The molecule has 0 spiro atoms. The molecule has 3 aliphatic heterocycles. The van der Waals surface area contributed by atoms with Crippen LogP contribution in [-0.2, 0) is 27.7 Å². The Labute approximate surface area is 179 Å². The SMILES string of the molecule is O=[SH]12CCCC1c1ccc(-c3nc4c(c(NC5(CO)CCC5)n3)[S@+]([O-])CC4)cc1N2. The molecule has 1 saturated heterocycles. The highest BCUT2D eigenvalue weighted by Gasteiger charge is 2.42. The Bertz CT molecular complexity index is 1080. The zero-order valence-electron chi connectivity index (χ0n) is 16.7. The molecule has 0 radical (unpaired) electrons. The average molecular weight is 447 g/mol. The van der Waals surface area contributed by atoms with Gasteiger partial charge in [0.15, 0.2) is 11.6 Å². The molecule has 2 fully saturated rings. The lowest BCUT2D eigenvalue weighted by Gasteiger charge is -2.41. The summed E-state index contributed by atoms with van der Waals surface area (Å²) in [4.78, 5) is 10.2. The van der Waals surface area contributed by atoms with Crippen LogP contribution in [-0.4, -0.2) is 47.5 Å². The van der Waals surface area contributed by atoms with Gasteiger partial charge in [-0.25, -0.2) is 9.97 Å². The van der Waals surface area contributed by atoms with Crippen LogP contribution in [0.5, 0.6) is 0 Å². The summed E-state index contributed by atoms with van der Waals surface area (Å²) in [7, 11) is -2.35. The number of thiol groups is 1. The fourth-order valence-electron chi connectivity index (χ4n) is 5.27. The van der Waals surface area contributed by atoms with Gasteiger partial charge in [-0.05, 0) is 65.0 Å². The molecule has 9 heteroatoms. The van der Waals surface area contributed by atoms with Crippen LogP contribution < -0.4 is 10.0 Å². The number of nitrogens with one attached hydrogen (secondary N) is 2. The van der Waals surface area contributed by atoms with Gasteiger partial charge in [-0.15, -0.1) is 0 Å². The molecule has 4 heterocycles. The number of aliphatic hydroxyl groups excluding tert-OH is 1. The van der Waals surface area contributed by atoms with E-state index in [0.29, 0.717) is 28.7 Å². The Morgan fingerprint density at radius 3 is 2.97 bits per heavy atom. The lowest BCUT2D eigenvalue weighted by Crippen LogP contribution is -2.48. The average Bonchev–Trinajstić information content (AvgIpc) is 3.34. The van der Waals surface area contributed by atoms with Gasteiger partial charge in [0.2, 0.25) is 4.90 Å². The largest absolute Gasteiger partial charge is 0.611 e. The van der Waals surface area contributed by atoms with E-state index in [1.54, 1.807) is 0 Å². The van der Waals surface area contributed by atoms with E-state index in [1.165, 1.54) is 0 Å². The standard InChI is InChI=1S/C21H26N4O3S2/c26-12-21(7-2-8-21)24-20-18-15(6-9-29(18)27)22-19(23-20)13-4-5-14-16(11-13)25-30(28)10-1-3-17(14)30/h4-5,11,17,26,30H,1-3,6-10,12H2,(H,25,28)(H,22,23,24)/t17?,29-/m1/s1. The van der Waals surface area contributed by atoms with Crippen molar-refractivity contribution in [1.82, 2.24) is 9.97 Å². The molecule has 30 heavy (non-hydrogen) atoms. The van der Waals surface area contributed by atoms with Crippen molar-refractivity contribution in [2.24, 2.45) is 0 Å². The molecule has 7 nitrogen and oxygen atoms in total. The molecule has 1 unspecified atom stereocenters. The van der Waals surface area contributed by atoms with Crippen molar-refractivity contribution < 1.29 is 13.9 Å². The maximum Gasteiger partial charge on any atom is 0.216 e. The van der Waals surface area contributed by atoms with Crippen LogP contribution in [0.3, 0.4) is 0 Å². The van der Waals surface area contributed by atoms with Crippen LogP contribution in [0.2, 0.25) is 0 Å². The lowest BCUT2D eigenvalue weighted by molar-refractivity contribution is 0.143. The van der Waals surface area contributed by atoms with Gasteiger partial charge in [0.25, 0.3) is 0 Å². The van der Waals surface area contributed by atoms with Crippen molar-refractivity contribution in [1.29, 1.82) is 0 Å². The summed E-state index contributed by atoms with van der Waals surface area (Å²) in [5.41, 5.74) is 3.40. The van der Waals surface area contributed by atoms with Gasteiger partial charge >= 0.3 is 0 Å². The normalized spacial score (nSPS) is 28.1. The second-order valence-electron chi connectivity index (χ2n) is 8.98. The highest BCUT2D eigenvalue weighted by Crippen LogP contribution is 2.49. The number of aromatic nitrogens is 2. The molecule has 0 bridgehead atoms. The first kappa shape index (κ1) is 19.0. The van der Waals surface area contributed by atoms with Crippen LogP contribution in [0.25, 0.3) is 11.4 Å². The van der Waals surface area contributed by atoms with Gasteiger partial charge < -0.3 is 19.7 Å². The maximum absolute atomic E-state index is 13.1. The molecule has 1 saturated carbocycles. The third kappa shape index (κ3) is 2.75. The van der Waals surface area contributed by atoms with Crippen LogP contribution in [0, 0.1) is 0 Å². The first-order valence-corrected chi connectivity index (χ1v) is 14.0. The minimum absolute atomic E-state index is 0.0349. The lowest BCUT2D eigenvalue weighted by atomic mass is 9.77. The fourth-order valence-corrected chi connectivity index (χ4v) is 9.69. The summed E-state index contributed by atoms with van der Waals surface area (Å²) in [5.74, 6) is 2.51. The summed E-state index contributed by atoms with van der Waals surface area (Å²) in [5, 5.41) is 13.5. The number of anilines is 2. The molecule has 1 aromatic heterocycles. The van der Waals surface area contributed by atoms with Gasteiger partial charge in [0.1, 0.15) is 11.4 Å². The van der Waals surface area contributed by atoms with E-state index in [9.17, 15) is 13.9 Å². The number of nitrogens with zero attached hydrogens (tertiary/aromatic N) is 2. The van der Waals surface area contributed by atoms with Gasteiger partial charge in [0, 0.05) is 23.4 Å². The number of aliphatic hydroxyl groups is 1. The number of hydrogen-bond acceptors (Lipinski definition) is 6. The van der Waals surface area contributed by atoms with E-state index >= 15 is 0 Å². The predicted molar refractivity (Wildman–Crippen MR) is 120 cm³/mol. The zero-order chi connectivity index (χ0) is 20.5. The summed E-state index contributed by atoms with van der Waals surface area (Å²) in [6, 6.07) is 6.09. The Morgan fingerprint density at radius 1 is 1.33 bits per heavy atom. The van der Waals surface area contributed by atoms with Crippen LogP contribution in [0.4, 0.5) is 11.5 Å². The van der Waals surface area contributed by atoms with E-state index < -0.39 is 21.3 Å². The van der Waals surface area contributed by atoms with Crippen LogP contribution in [0.15, 0.2) is 23.1 Å². The summed E-state index contributed by atoms with van der Waals surface area (Å²) in [6.45, 7) is 0.0349. The molecule has 2 aromatic rings. The topological polar surface area (TPSA) is 110 Å². The number of benzene rings is 1. The Balaban J connectivity index is 1.41. The monoisotopic (exact) mass is 446 g/mol. The van der Waals surface area contributed by atoms with Gasteiger partial charge in [0.05, 0.1) is 17.4 Å². The van der Waals surface area contributed by atoms with Crippen molar-refractivity contribution in [3.8, 4) is 11.4 Å². The number of aryl methyl sites for hydroxylation is 1. The smallest absolute Gasteiger partial charge is 0.216 e. The Hall–Kier alpha value is -1.68. The minimum atomic E-state index is -2.35. The number of fused-ring (bicyclic) bond motifs is 4.